The first-order chi connectivity index (χ1) is 10.2. The van der Waals surface area contributed by atoms with Crippen molar-refractivity contribution in [1.29, 1.82) is 0 Å². The minimum absolute atomic E-state index is 0.197. The molecular formula is C15H27N3O4. The van der Waals surface area contributed by atoms with Crippen LogP contribution in [-0.4, -0.2) is 70.4 Å². The molecule has 7 heteroatoms. The molecule has 0 radical (unpaired) electrons. The maximum absolute atomic E-state index is 12.5. The van der Waals surface area contributed by atoms with Crippen LogP contribution >= 0.6 is 0 Å². The molecule has 0 spiro atoms. The van der Waals surface area contributed by atoms with Crippen LogP contribution < -0.4 is 5.32 Å². The van der Waals surface area contributed by atoms with Crippen molar-refractivity contribution in [3.63, 3.8) is 0 Å². The molecule has 0 aromatic rings. The fourth-order valence-corrected chi connectivity index (χ4v) is 2.83. The largest absolute Gasteiger partial charge is 0.480 e. The highest BCUT2D eigenvalue weighted by atomic mass is 16.4. The SMILES string of the molecule is CC(=O)NCCN(C(=O)CN1C(C)CCC1C)C(C)C(=O)O. The minimum atomic E-state index is -1.04. The van der Waals surface area contributed by atoms with Crippen LogP contribution in [0, 0.1) is 0 Å². The molecule has 0 aromatic carbocycles. The maximum atomic E-state index is 12.5. The van der Waals surface area contributed by atoms with Gasteiger partial charge in [0.1, 0.15) is 6.04 Å². The van der Waals surface area contributed by atoms with Gasteiger partial charge in [-0.2, -0.15) is 0 Å². The second-order valence-electron chi connectivity index (χ2n) is 6.03. The molecule has 0 bridgehead atoms. The smallest absolute Gasteiger partial charge is 0.326 e. The summed E-state index contributed by atoms with van der Waals surface area (Å²) < 4.78 is 0. The lowest BCUT2D eigenvalue weighted by atomic mass is 10.2. The highest BCUT2D eigenvalue weighted by molar-refractivity contribution is 5.84. The van der Waals surface area contributed by atoms with Gasteiger partial charge in [-0.1, -0.05) is 0 Å². The standard InChI is InChI=1S/C15H27N3O4/c1-10-5-6-11(2)18(10)9-14(20)17(12(3)15(21)22)8-7-16-13(4)19/h10-12H,5-9H2,1-4H3,(H,16,19)(H,21,22). The second kappa shape index (κ2) is 8.12. The number of nitrogens with one attached hydrogen (secondary N) is 1. The molecule has 0 aromatic heterocycles. The molecule has 126 valence electrons. The zero-order chi connectivity index (χ0) is 16.9. The highest BCUT2D eigenvalue weighted by Gasteiger charge is 2.32. The van der Waals surface area contributed by atoms with Gasteiger partial charge in [0.25, 0.3) is 0 Å². The summed E-state index contributed by atoms with van der Waals surface area (Å²) in [5, 5.41) is 11.8. The van der Waals surface area contributed by atoms with Crippen molar-refractivity contribution in [2.75, 3.05) is 19.6 Å². The third-order valence-electron chi connectivity index (χ3n) is 4.32. The van der Waals surface area contributed by atoms with Crippen LogP contribution in [0.4, 0.5) is 0 Å². The molecule has 0 aliphatic carbocycles. The number of likely N-dealkylation sites (tertiary alicyclic amines) is 1. The number of hydrogen-bond acceptors (Lipinski definition) is 4. The molecule has 22 heavy (non-hydrogen) atoms. The average molecular weight is 313 g/mol. The molecule has 1 saturated heterocycles. The molecule has 0 saturated carbocycles. The molecule has 3 atom stereocenters. The number of hydrogen-bond donors (Lipinski definition) is 2. The summed E-state index contributed by atoms with van der Waals surface area (Å²) >= 11 is 0. The van der Waals surface area contributed by atoms with Crippen LogP contribution in [-0.2, 0) is 14.4 Å². The zero-order valence-corrected chi connectivity index (χ0v) is 13.8. The van der Waals surface area contributed by atoms with Gasteiger partial charge in [-0.15, -0.1) is 0 Å². The Morgan fingerprint density at radius 1 is 1.27 bits per heavy atom. The van der Waals surface area contributed by atoms with E-state index in [9.17, 15) is 19.5 Å². The predicted molar refractivity (Wildman–Crippen MR) is 82.4 cm³/mol. The van der Waals surface area contributed by atoms with Crippen molar-refractivity contribution >= 4 is 17.8 Å². The van der Waals surface area contributed by atoms with Gasteiger partial charge < -0.3 is 15.3 Å². The number of carboxylic acid groups (broad SMARTS) is 1. The van der Waals surface area contributed by atoms with Crippen LogP contribution in [0.2, 0.25) is 0 Å². The van der Waals surface area contributed by atoms with Crippen molar-refractivity contribution in [3.05, 3.63) is 0 Å². The summed E-state index contributed by atoms with van der Waals surface area (Å²) in [4.78, 5) is 38.1. The normalized spacial score (nSPS) is 23.1. The van der Waals surface area contributed by atoms with E-state index in [1.54, 1.807) is 0 Å². The van der Waals surface area contributed by atoms with Crippen LogP contribution in [0.25, 0.3) is 0 Å². The van der Waals surface area contributed by atoms with Gasteiger partial charge in [0.2, 0.25) is 11.8 Å². The van der Waals surface area contributed by atoms with Crippen molar-refractivity contribution in [2.45, 2.75) is 58.7 Å². The second-order valence-corrected chi connectivity index (χ2v) is 6.03. The van der Waals surface area contributed by atoms with Crippen LogP contribution in [0.1, 0.15) is 40.5 Å². The summed E-state index contributed by atoms with van der Waals surface area (Å²) in [7, 11) is 0. The van der Waals surface area contributed by atoms with Gasteiger partial charge in [-0.25, -0.2) is 4.79 Å². The number of rotatable bonds is 7. The number of amides is 2. The fraction of sp³-hybridized carbons (Fsp3) is 0.800. The third kappa shape index (κ3) is 4.98. The topological polar surface area (TPSA) is 90.0 Å². The van der Waals surface area contributed by atoms with E-state index in [1.165, 1.54) is 18.7 Å². The van der Waals surface area contributed by atoms with E-state index in [0.717, 1.165) is 12.8 Å². The molecular weight excluding hydrogens is 286 g/mol. The maximum Gasteiger partial charge on any atom is 0.326 e. The van der Waals surface area contributed by atoms with Gasteiger partial charge in [0, 0.05) is 32.1 Å². The number of aliphatic carboxylic acids is 1. The first kappa shape index (κ1) is 18.4. The third-order valence-corrected chi connectivity index (χ3v) is 4.32. The molecule has 2 N–H and O–H groups in total. The molecule has 1 fully saturated rings. The Labute approximate surface area is 131 Å². The van der Waals surface area contributed by atoms with E-state index < -0.39 is 12.0 Å². The Hall–Kier alpha value is -1.63. The quantitative estimate of drug-likeness (QED) is 0.705. The van der Waals surface area contributed by atoms with Crippen molar-refractivity contribution in [1.82, 2.24) is 15.1 Å². The van der Waals surface area contributed by atoms with E-state index in [1.807, 2.05) is 0 Å². The summed E-state index contributed by atoms with van der Waals surface area (Å²) in [6.45, 7) is 7.72. The molecule has 2 amide bonds. The molecule has 7 nitrogen and oxygen atoms in total. The molecule has 3 unspecified atom stereocenters. The predicted octanol–water partition coefficient (Wildman–Crippen LogP) is 0.297. The molecule has 1 heterocycles. The van der Waals surface area contributed by atoms with Gasteiger partial charge in [0.15, 0.2) is 0 Å². The number of carbonyl (C=O) groups excluding carboxylic acids is 2. The van der Waals surface area contributed by atoms with Crippen molar-refractivity contribution in [3.8, 4) is 0 Å². The summed E-state index contributed by atoms with van der Waals surface area (Å²) in [6.07, 6.45) is 2.10. The zero-order valence-electron chi connectivity index (χ0n) is 13.8. The average Bonchev–Trinajstić information content (AvgIpc) is 2.74. The lowest BCUT2D eigenvalue weighted by Crippen LogP contribution is -2.51. The number of nitrogens with zero attached hydrogens (tertiary/aromatic N) is 2. The van der Waals surface area contributed by atoms with E-state index in [0.29, 0.717) is 12.1 Å². The summed E-state index contributed by atoms with van der Waals surface area (Å²) in [6, 6.07) is -0.248. The van der Waals surface area contributed by atoms with Gasteiger partial charge in [0.05, 0.1) is 6.54 Å². The van der Waals surface area contributed by atoms with E-state index >= 15 is 0 Å². The highest BCUT2D eigenvalue weighted by Crippen LogP contribution is 2.23. The van der Waals surface area contributed by atoms with Crippen LogP contribution in [0.15, 0.2) is 0 Å². The monoisotopic (exact) mass is 313 g/mol. The van der Waals surface area contributed by atoms with E-state index in [2.05, 4.69) is 24.1 Å². The van der Waals surface area contributed by atoms with Gasteiger partial charge in [-0.3, -0.25) is 14.5 Å². The lowest BCUT2D eigenvalue weighted by Gasteiger charge is -2.31. The van der Waals surface area contributed by atoms with Gasteiger partial charge in [-0.05, 0) is 33.6 Å². The Balaban J connectivity index is 2.69. The first-order valence-corrected chi connectivity index (χ1v) is 7.76. The summed E-state index contributed by atoms with van der Waals surface area (Å²) in [5.74, 6) is -1.45. The van der Waals surface area contributed by atoms with Gasteiger partial charge >= 0.3 is 5.97 Å². The number of carboxylic acids is 1. The Kier molecular flexibility index (Phi) is 6.80. The van der Waals surface area contributed by atoms with Crippen molar-refractivity contribution < 1.29 is 19.5 Å². The fourth-order valence-electron chi connectivity index (χ4n) is 2.83. The lowest BCUT2D eigenvalue weighted by molar-refractivity contribution is -0.150. The van der Waals surface area contributed by atoms with Crippen molar-refractivity contribution in [2.24, 2.45) is 0 Å². The van der Waals surface area contributed by atoms with Crippen LogP contribution in [0.3, 0.4) is 0 Å². The Morgan fingerprint density at radius 2 is 1.82 bits per heavy atom. The van der Waals surface area contributed by atoms with E-state index in [4.69, 9.17) is 0 Å². The first-order valence-electron chi connectivity index (χ1n) is 7.76. The Morgan fingerprint density at radius 3 is 2.27 bits per heavy atom. The minimum Gasteiger partial charge on any atom is -0.480 e. The molecule has 1 aliphatic rings. The molecule has 1 rings (SSSR count). The Bertz CT molecular complexity index is 417. The molecule has 1 aliphatic heterocycles. The summed E-state index contributed by atoms with van der Waals surface area (Å²) in [5.41, 5.74) is 0. The van der Waals surface area contributed by atoms with Crippen LogP contribution in [0.5, 0.6) is 0 Å². The number of carbonyl (C=O) groups is 3. The van der Waals surface area contributed by atoms with E-state index in [-0.39, 0.29) is 31.4 Å².